The molecular weight excluding hydrogens is 949 g/mol. The molecule has 7 aromatic rings. The number of anilines is 2. The van der Waals surface area contributed by atoms with Crippen LogP contribution < -0.4 is 25.3 Å². The van der Waals surface area contributed by atoms with Crippen molar-refractivity contribution in [2.75, 3.05) is 37.2 Å². The number of fused-ring (bicyclic) bond motifs is 2. The highest BCUT2D eigenvalue weighted by Crippen LogP contribution is 2.42. The number of β-lactam (4-membered cyclic amide) rings is 1. The Morgan fingerprint density at radius 3 is 2.20 bits per heavy atom. The molecule has 5 heterocycles. The quantitative estimate of drug-likeness (QED) is 0.0145. The van der Waals surface area contributed by atoms with Crippen LogP contribution in [-0.2, 0) is 47.4 Å². The Kier molecular flexibility index (Phi) is 14.3. The standard InChI is InChI=1S/C51H44N8O8S3/c1-4-27-66-50(63)52-39-31-69-46-38(39)21-14-26-58(46)28-33-30-68-47-41(45(61)59(47)42(33)48(62)67-29-32-22-24-37(64-2)25-23-32)53-44(60)40(56-65-3)43-54-49(70-57-43)55-51(34-15-8-5-9-16-34,35-17-10-6-11-18-35)36-19-12-7-13-20-36/h4-26,31,41,47H,1,27-30H2,2-3H3,(H2-,52,53,54,55,57,60,63)/p+1/b56-40-/t41?,47-/m1/s1. The van der Waals surface area contributed by atoms with Crippen molar-refractivity contribution < 1.29 is 42.8 Å². The number of carbonyl (C=O) groups excluding carboxylic acids is 4. The van der Waals surface area contributed by atoms with Crippen molar-refractivity contribution in [3.8, 4) is 5.75 Å². The van der Waals surface area contributed by atoms with Crippen LogP contribution in [0.3, 0.4) is 0 Å². The molecule has 16 nitrogen and oxygen atoms in total. The van der Waals surface area contributed by atoms with E-state index in [9.17, 15) is 19.2 Å². The molecule has 0 spiro atoms. The molecule has 0 bridgehead atoms. The van der Waals surface area contributed by atoms with Gasteiger partial charge in [0.15, 0.2) is 12.7 Å². The third-order valence-corrected chi connectivity index (χ3v) is 14.5. The van der Waals surface area contributed by atoms with E-state index in [0.29, 0.717) is 33.5 Å². The van der Waals surface area contributed by atoms with Crippen LogP contribution >= 0.6 is 34.6 Å². The highest BCUT2D eigenvalue weighted by molar-refractivity contribution is 8.00. The van der Waals surface area contributed by atoms with Crippen LogP contribution in [0.2, 0.25) is 0 Å². The number of nitrogens with one attached hydrogen (secondary N) is 3. The average Bonchev–Trinajstić information content (AvgIpc) is 4.05. The molecule has 9 rings (SSSR count). The molecular formula is C51H45N8O8S3+. The number of esters is 1. The first-order chi connectivity index (χ1) is 34.2. The highest BCUT2D eigenvalue weighted by Gasteiger charge is 2.55. The van der Waals surface area contributed by atoms with Crippen molar-refractivity contribution in [3.63, 3.8) is 0 Å². The molecule has 2 aliphatic rings. The number of methoxy groups -OCH3 is 1. The molecule has 2 atom stereocenters. The Balaban J connectivity index is 0.976. The summed E-state index contributed by atoms with van der Waals surface area (Å²) in [4.78, 5) is 67.3. The van der Waals surface area contributed by atoms with Gasteiger partial charge in [-0.1, -0.05) is 132 Å². The van der Waals surface area contributed by atoms with E-state index in [1.165, 1.54) is 41.2 Å². The Morgan fingerprint density at radius 1 is 0.900 bits per heavy atom. The average molecular weight is 994 g/mol. The predicted molar refractivity (Wildman–Crippen MR) is 268 cm³/mol. The Morgan fingerprint density at radius 2 is 1.57 bits per heavy atom. The molecule has 70 heavy (non-hydrogen) atoms. The van der Waals surface area contributed by atoms with E-state index >= 15 is 0 Å². The Bertz CT molecular complexity index is 3010. The number of thiophene rings is 1. The minimum atomic E-state index is -1.05. The van der Waals surface area contributed by atoms with Gasteiger partial charge in [0.25, 0.3) is 16.6 Å². The van der Waals surface area contributed by atoms with Crippen LogP contribution in [0, 0.1) is 0 Å². The van der Waals surface area contributed by atoms with Gasteiger partial charge in [-0.3, -0.25) is 19.8 Å². The lowest BCUT2D eigenvalue weighted by Gasteiger charge is -2.49. The van der Waals surface area contributed by atoms with Crippen molar-refractivity contribution in [2.45, 2.75) is 30.1 Å². The summed E-state index contributed by atoms with van der Waals surface area (Å²) in [5, 5.41) is 15.6. The van der Waals surface area contributed by atoms with Gasteiger partial charge >= 0.3 is 12.1 Å². The van der Waals surface area contributed by atoms with E-state index in [1.807, 2.05) is 114 Å². The molecule has 1 saturated heterocycles. The summed E-state index contributed by atoms with van der Waals surface area (Å²) in [5.41, 5.74) is 3.64. The van der Waals surface area contributed by atoms with Gasteiger partial charge in [0.1, 0.15) is 48.7 Å². The number of thioether (sulfide) groups is 1. The van der Waals surface area contributed by atoms with Gasteiger partial charge in [0.2, 0.25) is 16.7 Å². The van der Waals surface area contributed by atoms with Crippen LogP contribution in [0.15, 0.2) is 168 Å². The fraction of sp³-hybridized carbons (Fsp3) is 0.176. The van der Waals surface area contributed by atoms with Gasteiger partial charge in [-0.15, -0.1) is 11.8 Å². The van der Waals surface area contributed by atoms with Crippen LogP contribution in [0.25, 0.3) is 10.2 Å². The molecule has 1 unspecified atom stereocenters. The zero-order chi connectivity index (χ0) is 48.6. The smallest absolute Gasteiger partial charge is 0.411 e. The largest absolute Gasteiger partial charge is 0.497 e. The highest BCUT2D eigenvalue weighted by atomic mass is 32.2. The van der Waals surface area contributed by atoms with Crippen molar-refractivity contribution in [2.24, 2.45) is 5.16 Å². The molecule has 354 valence electrons. The number of pyridine rings is 1. The molecule has 2 aliphatic heterocycles. The van der Waals surface area contributed by atoms with E-state index in [-0.39, 0.29) is 37.0 Å². The first-order valence-corrected chi connectivity index (χ1v) is 24.5. The number of hydrogen-bond donors (Lipinski definition) is 3. The summed E-state index contributed by atoms with van der Waals surface area (Å²) < 4.78 is 22.8. The monoisotopic (exact) mass is 993 g/mol. The predicted octanol–water partition coefficient (Wildman–Crippen LogP) is 7.64. The first-order valence-electron chi connectivity index (χ1n) is 21.8. The summed E-state index contributed by atoms with van der Waals surface area (Å²) in [6, 6.07) is 39.7. The zero-order valence-corrected chi connectivity index (χ0v) is 40.2. The third kappa shape index (κ3) is 9.58. The summed E-state index contributed by atoms with van der Waals surface area (Å²) in [6.07, 6.45) is 2.72. The van der Waals surface area contributed by atoms with Gasteiger partial charge in [-0.05, 0) is 40.5 Å². The summed E-state index contributed by atoms with van der Waals surface area (Å²) >= 11 is 3.84. The van der Waals surface area contributed by atoms with E-state index < -0.39 is 40.8 Å². The maximum absolute atomic E-state index is 14.3. The lowest BCUT2D eigenvalue weighted by molar-refractivity contribution is -0.661. The van der Waals surface area contributed by atoms with Crippen molar-refractivity contribution in [1.29, 1.82) is 0 Å². The minimum Gasteiger partial charge on any atom is -0.497 e. The lowest BCUT2D eigenvalue weighted by Crippen LogP contribution is -2.71. The van der Waals surface area contributed by atoms with Gasteiger partial charge in [0, 0.05) is 34.3 Å². The number of aromatic nitrogens is 3. The van der Waals surface area contributed by atoms with Crippen molar-refractivity contribution in [3.05, 3.63) is 191 Å². The van der Waals surface area contributed by atoms with Crippen molar-refractivity contribution >= 4 is 85.3 Å². The third-order valence-electron chi connectivity index (χ3n) is 11.5. The molecule has 0 saturated carbocycles. The summed E-state index contributed by atoms with van der Waals surface area (Å²) in [7, 11) is 2.87. The van der Waals surface area contributed by atoms with E-state index in [1.54, 1.807) is 36.8 Å². The molecule has 3 amide bonds. The second-order valence-electron chi connectivity index (χ2n) is 15.8. The number of nitrogens with zero attached hydrogens (tertiary/aromatic N) is 5. The maximum Gasteiger partial charge on any atom is 0.411 e. The minimum absolute atomic E-state index is 0.0216. The number of rotatable bonds is 18. The fourth-order valence-corrected chi connectivity index (χ4v) is 11.2. The Hall–Kier alpha value is -7.87. The van der Waals surface area contributed by atoms with E-state index in [4.69, 9.17) is 24.0 Å². The van der Waals surface area contributed by atoms with Crippen LogP contribution in [0.1, 0.15) is 28.1 Å². The number of carbonyl (C=O) groups is 4. The van der Waals surface area contributed by atoms with Gasteiger partial charge in [0.05, 0.1) is 18.2 Å². The maximum atomic E-state index is 14.3. The number of oxime groups is 1. The normalized spacial score (nSPS) is 15.6. The SMILES string of the molecule is C=CCOC(=O)Nc1csc2c1ccc[n+]2CC1=C(C(=O)OCc2ccc(OC)cc2)N2C(=O)C(NC(=O)/C(=N\OC)c3nsc(NC(c4ccccc4)(c4ccccc4)c4ccccc4)n3)[C@H]2SC1. The second kappa shape index (κ2) is 21.2. The molecule has 3 aromatic heterocycles. The molecule has 4 aromatic carbocycles. The van der Waals surface area contributed by atoms with Gasteiger partial charge in [-0.25, -0.2) is 9.59 Å². The number of benzene rings is 4. The van der Waals surface area contributed by atoms with E-state index in [2.05, 4.69) is 32.1 Å². The van der Waals surface area contributed by atoms with Crippen molar-refractivity contribution in [1.82, 2.24) is 19.6 Å². The zero-order valence-electron chi connectivity index (χ0n) is 37.8. The van der Waals surface area contributed by atoms with Crippen LogP contribution in [-0.4, -0.2) is 81.8 Å². The summed E-state index contributed by atoms with van der Waals surface area (Å²) in [5.74, 6) is -1.03. The van der Waals surface area contributed by atoms with E-state index in [0.717, 1.165) is 38.4 Å². The fourth-order valence-electron chi connectivity index (χ4n) is 8.29. The number of hydrogen-bond acceptors (Lipinski definition) is 15. The molecule has 0 aliphatic carbocycles. The van der Waals surface area contributed by atoms with Crippen LogP contribution in [0.5, 0.6) is 5.75 Å². The molecule has 0 radical (unpaired) electrons. The Labute approximate surface area is 414 Å². The molecule has 19 heteroatoms. The molecule has 3 N–H and O–H groups in total. The first kappa shape index (κ1) is 47.2. The van der Waals surface area contributed by atoms with Gasteiger partial charge < -0.3 is 29.7 Å². The second-order valence-corrected chi connectivity index (χ2v) is 18.5. The lowest BCUT2D eigenvalue weighted by atomic mass is 9.77. The molecule has 1 fully saturated rings. The topological polar surface area (TPSA) is 187 Å². The number of ether oxygens (including phenoxy) is 3. The number of amides is 3. The van der Waals surface area contributed by atoms with Gasteiger partial charge in [-0.2, -0.15) is 13.9 Å². The summed E-state index contributed by atoms with van der Waals surface area (Å²) in [6.45, 7) is 3.78. The van der Waals surface area contributed by atoms with Crippen LogP contribution in [0.4, 0.5) is 15.6 Å².